The number of aromatic nitrogens is 3. The molecule has 0 saturated carbocycles. The van der Waals surface area contributed by atoms with Crippen LogP contribution in [0.3, 0.4) is 0 Å². The molecule has 10 aromatic rings. The summed E-state index contributed by atoms with van der Waals surface area (Å²) in [6, 6.07) is 59.2. The predicted molar refractivity (Wildman–Crippen MR) is 217 cm³/mol. The Kier molecular flexibility index (Phi) is 7.02. The van der Waals surface area contributed by atoms with E-state index in [-0.39, 0.29) is 0 Å². The summed E-state index contributed by atoms with van der Waals surface area (Å²) in [4.78, 5) is 14.3. The van der Waals surface area contributed by atoms with Gasteiger partial charge in [-0.2, -0.15) is 0 Å². The van der Waals surface area contributed by atoms with Gasteiger partial charge in [-0.25, -0.2) is 14.8 Å². The van der Waals surface area contributed by atoms with E-state index >= 15 is 0 Å². The molecule has 0 amide bonds. The number of para-hydroxylation sites is 2. The second-order valence-electron chi connectivity index (χ2n) is 12.9. The summed E-state index contributed by atoms with van der Waals surface area (Å²) in [6.45, 7) is 7.51. The van der Waals surface area contributed by atoms with Crippen molar-refractivity contribution in [1.82, 2.24) is 14.5 Å². The average molecular weight is 681 g/mol. The molecule has 0 spiro atoms. The highest BCUT2D eigenvalue weighted by molar-refractivity contribution is 7.26. The molecule has 0 aliphatic carbocycles. The first-order valence-electron chi connectivity index (χ1n) is 17.2. The van der Waals surface area contributed by atoms with Crippen LogP contribution in [-0.2, 0) is 0 Å². The second kappa shape index (κ2) is 12.2. The van der Waals surface area contributed by atoms with E-state index in [4.69, 9.17) is 16.5 Å². The zero-order valence-corrected chi connectivity index (χ0v) is 28.7. The number of hydrogen-bond donors (Lipinski definition) is 0. The maximum atomic E-state index is 7.51. The Hall–Kier alpha value is -6.87. The zero-order chi connectivity index (χ0) is 34.6. The molecule has 5 heteroatoms. The van der Waals surface area contributed by atoms with Crippen molar-refractivity contribution in [2.75, 3.05) is 0 Å². The van der Waals surface area contributed by atoms with Crippen molar-refractivity contribution in [2.24, 2.45) is 0 Å². The maximum absolute atomic E-state index is 7.51. The normalized spacial score (nSPS) is 11.4. The number of benzene rings is 7. The summed E-state index contributed by atoms with van der Waals surface area (Å²) < 4.78 is 4.68. The van der Waals surface area contributed by atoms with Gasteiger partial charge in [0.05, 0.1) is 23.2 Å². The van der Waals surface area contributed by atoms with Crippen molar-refractivity contribution in [3.63, 3.8) is 0 Å². The number of hydrogen-bond acceptors (Lipinski definition) is 3. The fraction of sp³-hybridized carbons (Fsp3) is 0. The number of rotatable bonds is 5. The van der Waals surface area contributed by atoms with E-state index in [1.807, 2.05) is 24.3 Å². The number of fused-ring (bicyclic) bond motifs is 6. The molecular weight excluding hydrogens is 653 g/mol. The Bertz CT molecular complexity index is 3020. The molecule has 0 saturated heterocycles. The summed E-state index contributed by atoms with van der Waals surface area (Å²) in [5.74, 6) is 0.679. The van der Waals surface area contributed by atoms with Gasteiger partial charge < -0.3 is 0 Å². The first kappa shape index (κ1) is 30.0. The lowest BCUT2D eigenvalue weighted by atomic mass is 9.97. The number of thiophene rings is 1. The van der Waals surface area contributed by atoms with Crippen LogP contribution in [0.4, 0.5) is 5.69 Å². The largest absolute Gasteiger partial charge is 0.294 e. The Morgan fingerprint density at radius 1 is 0.519 bits per heavy atom. The summed E-state index contributed by atoms with van der Waals surface area (Å²) in [6.07, 6.45) is 0. The highest BCUT2D eigenvalue weighted by atomic mass is 32.1. The van der Waals surface area contributed by atoms with Crippen LogP contribution in [0, 0.1) is 6.57 Å². The molecule has 3 aromatic heterocycles. The molecule has 10 rings (SSSR count). The van der Waals surface area contributed by atoms with Crippen LogP contribution in [0.15, 0.2) is 170 Å². The van der Waals surface area contributed by atoms with Gasteiger partial charge in [-0.1, -0.05) is 133 Å². The molecule has 4 nitrogen and oxygen atoms in total. The molecule has 0 aliphatic rings. The van der Waals surface area contributed by atoms with Gasteiger partial charge in [0.1, 0.15) is 5.65 Å². The van der Waals surface area contributed by atoms with Crippen LogP contribution in [0.5, 0.6) is 0 Å². The van der Waals surface area contributed by atoms with Crippen molar-refractivity contribution in [3.8, 4) is 50.6 Å². The molecule has 0 radical (unpaired) electrons. The van der Waals surface area contributed by atoms with Crippen LogP contribution in [0.2, 0.25) is 0 Å². The summed E-state index contributed by atoms with van der Waals surface area (Å²) in [5, 5.41) is 4.49. The van der Waals surface area contributed by atoms with Crippen molar-refractivity contribution in [3.05, 3.63) is 181 Å². The number of nitrogens with zero attached hydrogens (tertiary/aromatic N) is 4. The minimum atomic E-state index is 0.667. The Morgan fingerprint density at radius 3 is 1.98 bits per heavy atom. The standard InChI is InChI=1S/C47H28N4S/c1-48-35-25-26-42-40(29-35)38-23-12-22-37(45(38)52-42)33-17-10-15-31(27-33)32-16-11-18-34(28-32)46-49-44(30-13-4-2-5-14-30)43-39-21-8-9-24-41(39)51(47(43)50-46)36-19-6-3-7-20-36/h2-29H. The van der Waals surface area contributed by atoms with E-state index in [0.717, 1.165) is 66.5 Å². The van der Waals surface area contributed by atoms with Crippen LogP contribution in [0.1, 0.15) is 0 Å². The molecule has 0 atom stereocenters. The molecule has 0 unspecified atom stereocenters. The lowest BCUT2D eigenvalue weighted by molar-refractivity contribution is 1.11. The minimum absolute atomic E-state index is 0.667. The first-order valence-corrected chi connectivity index (χ1v) is 18.0. The van der Waals surface area contributed by atoms with E-state index < -0.39 is 0 Å². The third kappa shape index (κ3) is 4.89. The smallest absolute Gasteiger partial charge is 0.187 e. The van der Waals surface area contributed by atoms with Gasteiger partial charge in [0, 0.05) is 31.6 Å². The molecule has 0 N–H and O–H groups in total. The monoisotopic (exact) mass is 680 g/mol. The lowest BCUT2D eigenvalue weighted by Gasteiger charge is -2.12. The summed E-state index contributed by atoms with van der Waals surface area (Å²) in [7, 11) is 0. The fourth-order valence-electron chi connectivity index (χ4n) is 7.41. The first-order chi connectivity index (χ1) is 25.7. The van der Waals surface area contributed by atoms with E-state index in [1.165, 1.54) is 20.3 Å². The van der Waals surface area contributed by atoms with Crippen molar-refractivity contribution in [1.29, 1.82) is 0 Å². The molecule has 52 heavy (non-hydrogen) atoms. The Balaban J connectivity index is 1.14. The van der Waals surface area contributed by atoms with Crippen molar-refractivity contribution in [2.45, 2.75) is 0 Å². The topological polar surface area (TPSA) is 35.1 Å². The van der Waals surface area contributed by atoms with Crippen LogP contribution < -0.4 is 0 Å². The summed E-state index contributed by atoms with van der Waals surface area (Å²) >= 11 is 1.78. The highest BCUT2D eigenvalue weighted by Crippen LogP contribution is 2.42. The Morgan fingerprint density at radius 2 is 1.17 bits per heavy atom. The zero-order valence-electron chi connectivity index (χ0n) is 27.9. The third-order valence-electron chi connectivity index (χ3n) is 9.81. The van der Waals surface area contributed by atoms with E-state index in [0.29, 0.717) is 11.5 Å². The molecular formula is C47H28N4S. The minimum Gasteiger partial charge on any atom is -0.294 e. The van der Waals surface area contributed by atoms with Gasteiger partial charge >= 0.3 is 0 Å². The van der Waals surface area contributed by atoms with Crippen LogP contribution in [-0.4, -0.2) is 14.5 Å². The van der Waals surface area contributed by atoms with Gasteiger partial charge in [-0.15, -0.1) is 11.3 Å². The van der Waals surface area contributed by atoms with Gasteiger partial charge in [0.15, 0.2) is 11.5 Å². The molecule has 0 bridgehead atoms. The van der Waals surface area contributed by atoms with Gasteiger partial charge in [-0.05, 0) is 69.4 Å². The molecule has 0 fully saturated rings. The van der Waals surface area contributed by atoms with Gasteiger partial charge in [-0.3, -0.25) is 4.57 Å². The summed E-state index contributed by atoms with van der Waals surface area (Å²) in [5.41, 5.74) is 11.2. The van der Waals surface area contributed by atoms with E-state index in [9.17, 15) is 0 Å². The molecule has 7 aromatic carbocycles. The van der Waals surface area contributed by atoms with E-state index in [1.54, 1.807) is 11.3 Å². The predicted octanol–water partition coefficient (Wildman–Crippen LogP) is 13.2. The third-order valence-corrected chi connectivity index (χ3v) is 11.0. The van der Waals surface area contributed by atoms with Gasteiger partial charge in [0.2, 0.25) is 0 Å². The van der Waals surface area contributed by atoms with E-state index in [2.05, 4.69) is 155 Å². The van der Waals surface area contributed by atoms with Crippen LogP contribution >= 0.6 is 11.3 Å². The van der Waals surface area contributed by atoms with Crippen molar-refractivity contribution >= 4 is 59.1 Å². The fourth-order valence-corrected chi connectivity index (χ4v) is 8.63. The maximum Gasteiger partial charge on any atom is 0.187 e. The SMILES string of the molecule is [C-]#[N+]c1ccc2sc3c(-c4cccc(-c5cccc(-c6nc(-c7ccccc7)c7c8ccccc8n(-c8ccccc8)c7n6)c5)c4)cccc3c2c1. The Labute approximate surface area is 304 Å². The second-order valence-corrected chi connectivity index (χ2v) is 13.9. The van der Waals surface area contributed by atoms with Crippen molar-refractivity contribution < 1.29 is 0 Å². The lowest BCUT2D eigenvalue weighted by Crippen LogP contribution is -1.99. The van der Waals surface area contributed by atoms with Gasteiger partial charge in [0.25, 0.3) is 0 Å². The highest BCUT2D eigenvalue weighted by Gasteiger charge is 2.21. The average Bonchev–Trinajstić information content (AvgIpc) is 3.76. The molecule has 242 valence electrons. The quantitative estimate of drug-likeness (QED) is 0.170. The van der Waals surface area contributed by atoms with Crippen LogP contribution in [0.25, 0.3) is 97.5 Å². The molecule has 3 heterocycles. The molecule has 0 aliphatic heterocycles.